The lowest BCUT2D eigenvalue weighted by Gasteiger charge is -2.02. The largest absolute Gasteiger partial charge is 0.104 e. The van der Waals surface area contributed by atoms with Crippen molar-refractivity contribution >= 4 is 74.3 Å². The van der Waals surface area contributed by atoms with Crippen LogP contribution in [0.1, 0.15) is 0 Å². The number of benzene rings is 1. The van der Waals surface area contributed by atoms with Crippen LogP contribution < -0.4 is 10.6 Å². The summed E-state index contributed by atoms with van der Waals surface area (Å²) in [6, 6.07) is 4.22. The molecule has 0 aliphatic heterocycles. The first-order valence-corrected chi connectivity index (χ1v) is 5.93. The maximum Gasteiger partial charge on any atom is 0.0341 e. The van der Waals surface area contributed by atoms with Gasteiger partial charge in [-0.1, -0.05) is 12.1 Å². The molecule has 0 spiro atoms. The summed E-state index contributed by atoms with van der Waals surface area (Å²) in [5.41, 5.74) is 0. The number of hydrogen-bond acceptors (Lipinski definition) is 0. The van der Waals surface area contributed by atoms with Gasteiger partial charge < -0.3 is 0 Å². The molecule has 0 aromatic heterocycles. The van der Waals surface area contributed by atoms with Gasteiger partial charge in [0.1, 0.15) is 0 Å². The maximum atomic E-state index is 2.72. The molecule has 2 atom stereocenters. The molecule has 1 aromatic carbocycles. The summed E-state index contributed by atoms with van der Waals surface area (Å²) in [4.78, 5) is 0. The van der Waals surface area contributed by atoms with E-state index in [-0.39, 0.29) is 0 Å². The second kappa shape index (κ2) is 3.97. The van der Waals surface area contributed by atoms with Gasteiger partial charge in [0.05, 0.1) is 0 Å². The maximum absolute atomic E-state index is 2.72. The van der Waals surface area contributed by atoms with Crippen molar-refractivity contribution in [3.05, 3.63) is 19.3 Å². The predicted molar refractivity (Wildman–Crippen MR) is 70.6 cm³/mol. The zero-order valence-electron chi connectivity index (χ0n) is 5.07. The van der Waals surface area contributed by atoms with Crippen molar-refractivity contribution in [1.82, 2.24) is 0 Å². The average Bonchev–Trinajstić information content (AvgIpc) is 1.93. The Labute approximate surface area is 92.6 Å². The highest BCUT2D eigenvalue weighted by Gasteiger charge is 2.01. The Kier molecular flexibility index (Phi) is 3.82. The van der Waals surface area contributed by atoms with Gasteiger partial charge in [-0.3, -0.25) is 0 Å². The highest BCUT2D eigenvalue weighted by Crippen LogP contribution is 2.14. The summed E-state index contributed by atoms with van der Waals surface area (Å²) in [5, 5.41) is 2.55. The van der Waals surface area contributed by atoms with Crippen molar-refractivity contribution in [2.75, 3.05) is 0 Å². The summed E-state index contributed by atoms with van der Waals surface area (Å²) >= 11 is 4.71. The molecular weight excluding hydrogens is 388 g/mol. The molecule has 0 heterocycles. The van der Waals surface area contributed by atoms with Crippen LogP contribution in [0.25, 0.3) is 0 Å². The van der Waals surface area contributed by atoms with Gasteiger partial charge in [0, 0.05) is 7.14 Å². The van der Waals surface area contributed by atoms with Crippen LogP contribution in [-0.4, -0.2) is 0 Å². The second-order valence-electron chi connectivity index (χ2n) is 1.87. The molecular formula is C6H6I2P2. The smallest absolute Gasteiger partial charge is 0.0341 e. The standard InChI is InChI=1S/C6H6I2P2/c7-5-3(9)1-2-4(10)6(5)8/h1-2H,9-10H2. The molecule has 0 nitrogen and oxygen atoms in total. The molecule has 0 N–H and O–H groups in total. The van der Waals surface area contributed by atoms with Crippen LogP contribution in [0.15, 0.2) is 12.1 Å². The minimum absolute atomic E-state index is 1.27. The van der Waals surface area contributed by atoms with E-state index in [0.29, 0.717) is 0 Å². The molecule has 0 fully saturated rings. The van der Waals surface area contributed by atoms with Gasteiger partial charge in [-0.25, -0.2) is 0 Å². The number of halogens is 2. The topological polar surface area (TPSA) is 0 Å². The molecule has 4 heteroatoms. The van der Waals surface area contributed by atoms with Crippen LogP contribution in [0, 0.1) is 7.14 Å². The van der Waals surface area contributed by atoms with Crippen molar-refractivity contribution in [2.24, 2.45) is 0 Å². The van der Waals surface area contributed by atoms with Crippen molar-refractivity contribution in [3.63, 3.8) is 0 Å². The summed E-state index contributed by atoms with van der Waals surface area (Å²) < 4.78 is 2.66. The van der Waals surface area contributed by atoms with Crippen LogP contribution in [0.2, 0.25) is 0 Å². The van der Waals surface area contributed by atoms with Crippen molar-refractivity contribution < 1.29 is 0 Å². The predicted octanol–water partition coefficient (Wildman–Crippen LogP) is 1.90. The zero-order valence-corrected chi connectivity index (χ0v) is 11.7. The summed E-state index contributed by atoms with van der Waals surface area (Å²) in [5.74, 6) is 0. The quantitative estimate of drug-likeness (QED) is 0.466. The molecule has 1 rings (SSSR count). The molecule has 2 unspecified atom stereocenters. The van der Waals surface area contributed by atoms with Crippen molar-refractivity contribution in [3.8, 4) is 0 Å². The fraction of sp³-hybridized carbons (Fsp3) is 0. The van der Waals surface area contributed by atoms with E-state index in [9.17, 15) is 0 Å². The Morgan fingerprint density at radius 2 is 1.20 bits per heavy atom. The average molecular weight is 394 g/mol. The number of hydrogen-bond donors (Lipinski definition) is 0. The first-order chi connectivity index (χ1) is 4.63. The van der Waals surface area contributed by atoms with Crippen LogP contribution in [0.5, 0.6) is 0 Å². The molecule has 10 heavy (non-hydrogen) atoms. The Balaban J connectivity index is 3.34. The van der Waals surface area contributed by atoms with Gasteiger partial charge in [-0.15, -0.1) is 18.5 Å². The summed E-state index contributed by atoms with van der Waals surface area (Å²) in [6.07, 6.45) is 0. The van der Waals surface area contributed by atoms with E-state index in [2.05, 4.69) is 75.8 Å². The molecule has 0 saturated carbocycles. The van der Waals surface area contributed by atoms with E-state index in [4.69, 9.17) is 0 Å². The first-order valence-electron chi connectivity index (χ1n) is 2.62. The highest BCUT2D eigenvalue weighted by molar-refractivity contribution is 14.1. The molecule has 0 aliphatic rings. The SMILES string of the molecule is Pc1ccc(P)c(I)c1I. The van der Waals surface area contributed by atoms with Gasteiger partial charge in [0.2, 0.25) is 0 Å². The van der Waals surface area contributed by atoms with E-state index in [1.54, 1.807) is 0 Å². The number of rotatable bonds is 0. The third-order valence-electron chi connectivity index (χ3n) is 1.14. The first kappa shape index (κ1) is 9.63. The van der Waals surface area contributed by atoms with Crippen molar-refractivity contribution in [1.29, 1.82) is 0 Å². The molecule has 0 aliphatic carbocycles. The second-order valence-corrected chi connectivity index (χ2v) is 5.27. The van der Waals surface area contributed by atoms with Gasteiger partial charge in [-0.05, 0) is 55.8 Å². The van der Waals surface area contributed by atoms with E-state index in [0.717, 1.165) is 0 Å². The van der Waals surface area contributed by atoms with Crippen molar-refractivity contribution in [2.45, 2.75) is 0 Å². The molecule has 54 valence electrons. The lowest BCUT2D eigenvalue weighted by atomic mass is 10.4. The highest BCUT2D eigenvalue weighted by atomic mass is 127. The van der Waals surface area contributed by atoms with Crippen LogP contribution >= 0.6 is 63.7 Å². The van der Waals surface area contributed by atoms with Gasteiger partial charge in [-0.2, -0.15) is 0 Å². The monoisotopic (exact) mass is 394 g/mol. The Morgan fingerprint density at radius 1 is 0.900 bits per heavy atom. The third-order valence-corrected chi connectivity index (χ3v) is 6.64. The minimum Gasteiger partial charge on any atom is -0.104 e. The van der Waals surface area contributed by atoms with E-state index < -0.39 is 0 Å². The van der Waals surface area contributed by atoms with E-state index in [1.165, 1.54) is 17.7 Å². The molecule has 0 bridgehead atoms. The molecule has 0 amide bonds. The normalized spacial score (nSPS) is 10.0. The molecule has 0 saturated heterocycles. The fourth-order valence-corrected chi connectivity index (χ4v) is 2.63. The van der Waals surface area contributed by atoms with Gasteiger partial charge in [0.25, 0.3) is 0 Å². The summed E-state index contributed by atoms with van der Waals surface area (Å²) in [6.45, 7) is 0. The van der Waals surface area contributed by atoms with Crippen LogP contribution in [-0.2, 0) is 0 Å². The van der Waals surface area contributed by atoms with Gasteiger partial charge >= 0.3 is 0 Å². The van der Waals surface area contributed by atoms with E-state index >= 15 is 0 Å². The van der Waals surface area contributed by atoms with Crippen LogP contribution in [0.3, 0.4) is 0 Å². The summed E-state index contributed by atoms with van der Waals surface area (Å²) in [7, 11) is 5.44. The zero-order chi connectivity index (χ0) is 7.72. The van der Waals surface area contributed by atoms with E-state index in [1.807, 2.05) is 0 Å². The Hall–Kier alpha value is 1.54. The Morgan fingerprint density at radius 3 is 1.50 bits per heavy atom. The molecule has 0 radical (unpaired) electrons. The fourth-order valence-electron chi connectivity index (χ4n) is 0.579. The lowest BCUT2D eigenvalue weighted by molar-refractivity contribution is 1.71. The molecule has 1 aromatic rings. The van der Waals surface area contributed by atoms with Gasteiger partial charge in [0.15, 0.2) is 0 Å². The minimum atomic E-state index is 1.27. The lowest BCUT2D eigenvalue weighted by Crippen LogP contribution is -2.08. The Bertz CT molecular complexity index is 233. The van der Waals surface area contributed by atoms with Crippen LogP contribution in [0.4, 0.5) is 0 Å². The third kappa shape index (κ3) is 2.02.